The second-order valence-corrected chi connectivity index (χ2v) is 8.19. The first-order valence-corrected chi connectivity index (χ1v) is 9.66. The Bertz CT molecular complexity index is 757. The highest BCUT2D eigenvalue weighted by molar-refractivity contribution is 7.90. The second kappa shape index (κ2) is 6.34. The highest BCUT2D eigenvalue weighted by Gasteiger charge is 2.32. The molecule has 0 bridgehead atoms. The predicted molar refractivity (Wildman–Crippen MR) is 93.4 cm³/mol. The Morgan fingerprint density at radius 1 is 1.04 bits per heavy atom. The van der Waals surface area contributed by atoms with Gasteiger partial charge in [0, 0.05) is 24.5 Å². The van der Waals surface area contributed by atoms with Crippen LogP contribution in [0, 0.1) is 0 Å². The summed E-state index contributed by atoms with van der Waals surface area (Å²) in [7, 11) is -1.00. The molecule has 4 nitrogen and oxygen atoms in total. The molecule has 1 aliphatic rings. The molecule has 0 unspecified atom stereocenters. The molecule has 0 spiro atoms. The second-order valence-electron chi connectivity index (χ2n) is 6.17. The summed E-state index contributed by atoms with van der Waals surface area (Å²) in [6.07, 6.45) is 2.29. The third-order valence-corrected chi connectivity index (χ3v) is 5.55. The summed E-state index contributed by atoms with van der Waals surface area (Å²) in [5, 5.41) is 3.56. The molecule has 122 valence electrons. The molecule has 1 N–H and O–H groups in total. The summed E-state index contributed by atoms with van der Waals surface area (Å²) < 4.78 is 23.1. The topological polar surface area (TPSA) is 49.4 Å². The van der Waals surface area contributed by atoms with Gasteiger partial charge in [-0.3, -0.25) is 4.90 Å². The van der Waals surface area contributed by atoms with Gasteiger partial charge in [0.2, 0.25) is 0 Å². The summed E-state index contributed by atoms with van der Waals surface area (Å²) in [4.78, 5) is 2.71. The zero-order chi connectivity index (χ0) is 16.4. The van der Waals surface area contributed by atoms with Crippen LogP contribution >= 0.6 is 0 Å². The van der Waals surface area contributed by atoms with Crippen molar-refractivity contribution in [2.75, 3.05) is 25.2 Å². The summed E-state index contributed by atoms with van der Waals surface area (Å²) >= 11 is 0. The monoisotopic (exact) mass is 330 g/mol. The van der Waals surface area contributed by atoms with Crippen LogP contribution in [0.15, 0.2) is 59.5 Å². The molecule has 0 amide bonds. The Kier molecular flexibility index (Phi) is 4.41. The number of hydrogen-bond acceptors (Lipinski definition) is 4. The Hall–Kier alpha value is -1.85. The summed E-state index contributed by atoms with van der Waals surface area (Å²) in [6.45, 7) is 1.04. The molecule has 0 aliphatic carbocycles. The van der Waals surface area contributed by atoms with E-state index >= 15 is 0 Å². The van der Waals surface area contributed by atoms with Gasteiger partial charge in [-0.15, -0.1) is 0 Å². The van der Waals surface area contributed by atoms with Crippen LogP contribution in [-0.2, 0) is 9.84 Å². The van der Waals surface area contributed by atoms with E-state index in [-0.39, 0.29) is 0 Å². The zero-order valence-corrected chi connectivity index (χ0v) is 14.3. The minimum Gasteiger partial charge on any atom is -0.380 e. The van der Waals surface area contributed by atoms with Gasteiger partial charge < -0.3 is 5.32 Å². The van der Waals surface area contributed by atoms with E-state index in [4.69, 9.17) is 0 Å². The van der Waals surface area contributed by atoms with E-state index in [1.54, 1.807) is 12.1 Å². The highest BCUT2D eigenvalue weighted by Crippen LogP contribution is 2.33. The normalized spacial score (nSPS) is 22.2. The van der Waals surface area contributed by atoms with Crippen molar-refractivity contribution in [3.05, 3.63) is 60.2 Å². The lowest BCUT2D eigenvalue weighted by Crippen LogP contribution is -2.29. The molecule has 1 heterocycles. The molecule has 1 saturated heterocycles. The number of rotatable bonds is 4. The molecule has 0 saturated carbocycles. The van der Waals surface area contributed by atoms with Gasteiger partial charge in [-0.1, -0.05) is 30.3 Å². The van der Waals surface area contributed by atoms with Crippen molar-refractivity contribution in [2.24, 2.45) is 0 Å². The van der Waals surface area contributed by atoms with Crippen molar-refractivity contribution in [3.8, 4) is 0 Å². The van der Waals surface area contributed by atoms with Gasteiger partial charge in [0.25, 0.3) is 0 Å². The SMILES string of the molecule is CN1CC[C@H](Nc2ccc(S(C)(=O)=O)cc2)[C@@H]1c1ccccc1. The minimum atomic E-state index is -3.15. The summed E-state index contributed by atoms with van der Waals surface area (Å²) in [6, 6.07) is 18.1. The van der Waals surface area contributed by atoms with Crippen molar-refractivity contribution in [1.82, 2.24) is 4.90 Å². The lowest BCUT2D eigenvalue weighted by molar-refractivity contribution is 0.309. The Morgan fingerprint density at radius 3 is 2.30 bits per heavy atom. The number of likely N-dealkylation sites (tertiary alicyclic amines) is 1. The maximum Gasteiger partial charge on any atom is 0.175 e. The average molecular weight is 330 g/mol. The molecular formula is C18H22N2O2S. The lowest BCUT2D eigenvalue weighted by Gasteiger charge is -2.27. The van der Waals surface area contributed by atoms with Gasteiger partial charge in [0.1, 0.15) is 0 Å². The molecule has 2 aromatic rings. The molecule has 23 heavy (non-hydrogen) atoms. The standard InChI is InChI=1S/C18H22N2O2S/c1-20-13-12-17(18(20)14-6-4-3-5-7-14)19-15-8-10-16(11-9-15)23(2,21)22/h3-11,17-19H,12-13H2,1-2H3/t17-,18-/m0/s1. The van der Waals surface area contributed by atoms with Crippen LogP contribution in [-0.4, -0.2) is 39.2 Å². The maximum atomic E-state index is 11.5. The van der Waals surface area contributed by atoms with Crippen LogP contribution < -0.4 is 5.32 Å². The van der Waals surface area contributed by atoms with E-state index in [1.165, 1.54) is 11.8 Å². The number of nitrogens with zero attached hydrogens (tertiary/aromatic N) is 1. The predicted octanol–water partition coefficient (Wildman–Crippen LogP) is 2.95. The number of benzene rings is 2. The van der Waals surface area contributed by atoms with E-state index in [2.05, 4.69) is 41.5 Å². The third kappa shape index (κ3) is 3.57. The smallest absolute Gasteiger partial charge is 0.175 e. The van der Waals surface area contributed by atoms with E-state index in [0.717, 1.165) is 18.7 Å². The molecule has 1 fully saturated rings. The van der Waals surface area contributed by atoms with E-state index < -0.39 is 9.84 Å². The van der Waals surface area contributed by atoms with Crippen LogP contribution in [0.3, 0.4) is 0 Å². The number of sulfone groups is 1. The van der Waals surface area contributed by atoms with Gasteiger partial charge in [-0.25, -0.2) is 8.42 Å². The van der Waals surface area contributed by atoms with E-state index in [9.17, 15) is 8.42 Å². The summed E-state index contributed by atoms with van der Waals surface area (Å²) in [5.74, 6) is 0. The maximum absolute atomic E-state index is 11.5. The van der Waals surface area contributed by atoms with Crippen molar-refractivity contribution >= 4 is 15.5 Å². The number of anilines is 1. The Morgan fingerprint density at radius 2 is 1.70 bits per heavy atom. The van der Waals surface area contributed by atoms with Gasteiger partial charge in [-0.2, -0.15) is 0 Å². The van der Waals surface area contributed by atoms with Gasteiger partial charge in [-0.05, 0) is 43.3 Å². The fourth-order valence-corrected chi connectivity index (χ4v) is 3.88. The van der Waals surface area contributed by atoms with Gasteiger partial charge in [0.05, 0.1) is 10.9 Å². The Labute approximate surface area is 138 Å². The largest absolute Gasteiger partial charge is 0.380 e. The van der Waals surface area contributed by atoms with Crippen LogP contribution in [0.4, 0.5) is 5.69 Å². The quantitative estimate of drug-likeness (QED) is 0.936. The van der Waals surface area contributed by atoms with E-state index in [1.807, 2.05) is 18.2 Å². The van der Waals surface area contributed by atoms with Crippen molar-refractivity contribution < 1.29 is 8.42 Å². The van der Waals surface area contributed by atoms with Crippen LogP contribution in [0.5, 0.6) is 0 Å². The first-order chi connectivity index (χ1) is 10.9. The Balaban J connectivity index is 1.79. The zero-order valence-electron chi connectivity index (χ0n) is 13.4. The van der Waals surface area contributed by atoms with Crippen molar-refractivity contribution in [3.63, 3.8) is 0 Å². The minimum absolute atomic E-state index is 0.312. The van der Waals surface area contributed by atoms with E-state index in [0.29, 0.717) is 17.0 Å². The number of nitrogens with one attached hydrogen (secondary N) is 1. The molecular weight excluding hydrogens is 308 g/mol. The third-order valence-electron chi connectivity index (χ3n) is 4.42. The molecule has 0 radical (unpaired) electrons. The highest BCUT2D eigenvalue weighted by atomic mass is 32.2. The average Bonchev–Trinajstić information content (AvgIpc) is 2.88. The molecule has 2 atom stereocenters. The fourth-order valence-electron chi connectivity index (χ4n) is 3.25. The first kappa shape index (κ1) is 16.0. The molecule has 0 aromatic heterocycles. The summed E-state index contributed by atoms with van der Waals surface area (Å²) in [5.41, 5.74) is 2.26. The lowest BCUT2D eigenvalue weighted by atomic mass is 10.00. The molecule has 3 rings (SSSR count). The number of likely N-dealkylation sites (N-methyl/N-ethyl adjacent to an activating group) is 1. The molecule has 1 aliphatic heterocycles. The van der Waals surface area contributed by atoms with Crippen LogP contribution in [0.1, 0.15) is 18.0 Å². The fraction of sp³-hybridized carbons (Fsp3) is 0.333. The van der Waals surface area contributed by atoms with Crippen molar-refractivity contribution in [1.29, 1.82) is 0 Å². The first-order valence-electron chi connectivity index (χ1n) is 7.77. The molecule has 2 aromatic carbocycles. The van der Waals surface area contributed by atoms with Crippen molar-refractivity contribution in [2.45, 2.75) is 23.4 Å². The van der Waals surface area contributed by atoms with Crippen LogP contribution in [0.2, 0.25) is 0 Å². The van der Waals surface area contributed by atoms with Gasteiger partial charge >= 0.3 is 0 Å². The van der Waals surface area contributed by atoms with Crippen LogP contribution in [0.25, 0.3) is 0 Å². The van der Waals surface area contributed by atoms with Gasteiger partial charge in [0.15, 0.2) is 9.84 Å². The number of hydrogen-bond donors (Lipinski definition) is 1. The molecule has 5 heteroatoms.